The topological polar surface area (TPSA) is 69.4 Å². The van der Waals surface area contributed by atoms with Crippen LogP contribution in [0.3, 0.4) is 0 Å². The van der Waals surface area contributed by atoms with E-state index in [1.807, 2.05) is 22.9 Å². The number of aromatic nitrogens is 3. The van der Waals surface area contributed by atoms with Crippen molar-refractivity contribution in [2.24, 2.45) is 5.18 Å². The quantitative estimate of drug-likeness (QED) is 0.631. The minimum Gasteiger partial charge on any atom is -0.383 e. The molecule has 1 aliphatic carbocycles. The Labute approximate surface area is 151 Å². The molecule has 0 bridgehead atoms. The van der Waals surface area contributed by atoms with Crippen molar-refractivity contribution in [3.63, 3.8) is 0 Å². The lowest BCUT2D eigenvalue weighted by Crippen LogP contribution is -2.04. The van der Waals surface area contributed by atoms with E-state index in [1.165, 1.54) is 5.56 Å². The average Bonchev–Trinajstić information content (AvgIpc) is 3.30. The van der Waals surface area contributed by atoms with Gasteiger partial charge in [0, 0.05) is 36.8 Å². The summed E-state index contributed by atoms with van der Waals surface area (Å²) in [6.07, 6.45) is 7.29. The van der Waals surface area contributed by atoms with Crippen LogP contribution < -0.4 is 0 Å². The number of fused-ring (bicyclic) bond motifs is 1. The Bertz CT molecular complexity index is 921. The highest BCUT2D eigenvalue weighted by Crippen LogP contribution is 2.38. The molecule has 6 heteroatoms. The van der Waals surface area contributed by atoms with Gasteiger partial charge >= 0.3 is 0 Å². The Balaban J connectivity index is 1.78. The third kappa shape index (κ3) is 3.04. The van der Waals surface area contributed by atoms with E-state index in [4.69, 9.17) is 9.84 Å². The Morgan fingerprint density at radius 2 is 2.08 bits per heavy atom. The van der Waals surface area contributed by atoms with Crippen LogP contribution in [0.15, 0.2) is 54.1 Å². The number of ether oxygens (including phenoxy) is 1. The zero-order valence-electron chi connectivity index (χ0n) is 14.6. The molecule has 0 saturated heterocycles. The first-order valence-corrected chi connectivity index (χ1v) is 8.72. The summed E-state index contributed by atoms with van der Waals surface area (Å²) in [6, 6.07) is 9.99. The van der Waals surface area contributed by atoms with Gasteiger partial charge < -0.3 is 4.74 Å². The van der Waals surface area contributed by atoms with Gasteiger partial charge in [-0.3, -0.25) is 9.67 Å². The van der Waals surface area contributed by atoms with Crippen LogP contribution in [0.2, 0.25) is 0 Å². The second-order valence-electron chi connectivity index (χ2n) is 6.46. The van der Waals surface area contributed by atoms with Crippen molar-refractivity contribution < 1.29 is 4.74 Å². The van der Waals surface area contributed by atoms with E-state index in [0.717, 1.165) is 40.8 Å². The summed E-state index contributed by atoms with van der Waals surface area (Å²) in [6.45, 7) is 1.30. The summed E-state index contributed by atoms with van der Waals surface area (Å²) in [4.78, 5) is 15.1. The van der Waals surface area contributed by atoms with Crippen molar-refractivity contribution in [3.8, 4) is 22.4 Å². The Morgan fingerprint density at radius 1 is 1.23 bits per heavy atom. The molecule has 0 N–H and O–H groups in total. The fourth-order valence-corrected chi connectivity index (χ4v) is 3.53. The lowest BCUT2D eigenvalue weighted by Gasteiger charge is -2.07. The van der Waals surface area contributed by atoms with Crippen molar-refractivity contribution in [1.82, 2.24) is 14.8 Å². The van der Waals surface area contributed by atoms with Crippen LogP contribution in [0.5, 0.6) is 0 Å². The Morgan fingerprint density at radius 3 is 2.85 bits per heavy atom. The molecule has 0 amide bonds. The molecule has 132 valence electrons. The molecule has 26 heavy (non-hydrogen) atoms. The number of hydrogen-bond donors (Lipinski definition) is 0. The van der Waals surface area contributed by atoms with Crippen LogP contribution in [-0.4, -0.2) is 28.5 Å². The molecule has 4 rings (SSSR count). The number of pyridine rings is 1. The van der Waals surface area contributed by atoms with Gasteiger partial charge in [0.1, 0.15) is 11.7 Å². The first kappa shape index (κ1) is 16.6. The van der Waals surface area contributed by atoms with Crippen LogP contribution in [-0.2, 0) is 17.7 Å². The standard InChI is InChI=1S/C20H20N4O2/c1-26-11-10-24-13-18(20(22-24)14-6-8-21-9-7-14)16-2-4-17-15(12-16)3-5-19(17)23-25/h2,4,6-9,12-13,19H,3,5,10-11H2,1H3. The lowest BCUT2D eigenvalue weighted by atomic mass is 9.98. The summed E-state index contributed by atoms with van der Waals surface area (Å²) >= 11 is 0. The molecule has 1 unspecified atom stereocenters. The molecular weight excluding hydrogens is 328 g/mol. The fraction of sp³-hybridized carbons (Fsp3) is 0.300. The fourth-order valence-electron chi connectivity index (χ4n) is 3.53. The number of nitrogens with zero attached hydrogens (tertiary/aromatic N) is 4. The van der Waals surface area contributed by atoms with Crippen LogP contribution in [0.1, 0.15) is 23.6 Å². The SMILES string of the molecule is COCCn1cc(-c2ccc3c(c2)CCC3N=O)c(-c2ccncc2)n1. The van der Waals surface area contributed by atoms with Gasteiger partial charge in [-0.2, -0.15) is 10.0 Å². The predicted molar refractivity (Wildman–Crippen MR) is 99.6 cm³/mol. The van der Waals surface area contributed by atoms with E-state index < -0.39 is 0 Å². The van der Waals surface area contributed by atoms with Crippen molar-refractivity contribution >= 4 is 0 Å². The maximum absolute atomic E-state index is 11.0. The smallest absolute Gasteiger partial charge is 0.117 e. The van der Waals surface area contributed by atoms with E-state index >= 15 is 0 Å². The van der Waals surface area contributed by atoms with E-state index in [-0.39, 0.29) is 6.04 Å². The zero-order valence-corrected chi connectivity index (χ0v) is 14.6. The van der Waals surface area contributed by atoms with Gasteiger partial charge in [-0.05, 0) is 41.7 Å². The van der Waals surface area contributed by atoms with Gasteiger partial charge in [0.25, 0.3) is 0 Å². The minimum absolute atomic E-state index is 0.205. The van der Waals surface area contributed by atoms with E-state index in [2.05, 4.69) is 28.5 Å². The van der Waals surface area contributed by atoms with Gasteiger partial charge in [0.2, 0.25) is 0 Å². The van der Waals surface area contributed by atoms with Gasteiger partial charge in [-0.15, -0.1) is 0 Å². The number of nitroso groups, excluding NO2 is 1. The van der Waals surface area contributed by atoms with Crippen LogP contribution in [0.4, 0.5) is 0 Å². The maximum atomic E-state index is 11.0. The van der Waals surface area contributed by atoms with Crippen molar-refractivity contribution in [1.29, 1.82) is 0 Å². The molecule has 2 heterocycles. The normalized spacial score (nSPS) is 15.8. The molecule has 1 aliphatic rings. The summed E-state index contributed by atoms with van der Waals surface area (Å²) in [5.74, 6) is 0. The van der Waals surface area contributed by atoms with Crippen LogP contribution in [0.25, 0.3) is 22.4 Å². The van der Waals surface area contributed by atoms with Crippen molar-refractivity contribution in [2.75, 3.05) is 13.7 Å². The molecule has 2 aromatic heterocycles. The van der Waals surface area contributed by atoms with Crippen molar-refractivity contribution in [3.05, 3.63) is 65.0 Å². The van der Waals surface area contributed by atoms with Gasteiger partial charge in [-0.25, -0.2) is 0 Å². The van der Waals surface area contributed by atoms with Crippen LogP contribution in [0, 0.1) is 4.91 Å². The van der Waals surface area contributed by atoms with E-state index in [9.17, 15) is 4.91 Å². The number of rotatable bonds is 6. The summed E-state index contributed by atoms with van der Waals surface area (Å²) in [5, 5.41) is 8.01. The monoisotopic (exact) mass is 348 g/mol. The second-order valence-corrected chi connectivity index (χ2v) is 6.46. The molecule has 0 spiro atoms. The lowest BCUT2D eigenvalue weighted by molar-refractivity contribution is 0.183. The van der Waals surface area contributed by atoms with Gasteiger partial charge in [-0.1, -0.05) is 23.4 Å². The molecule has 1 atom stereocenters. The average molecular weight is 348 g/mol. The van der Waals surface area contributed by atoms with Crippen molar-refractivity contribution in [2.45, 2.75) is 25.4 Å². The number of benzene rings is 1. The molecule has 3 aromatic rings. The predicted octanol–water partition coefficient (Wildman–Crippen LogP) is 4.01. The highest BCUT2D eigenvalue weighted by molar-refractivity contribution is 5.80. The highest BCUT2D eigenvalue weighted by Gasteiger charge is 2.24. The van der Waals surface area contributed by atoms with E-state index in [1.54, 1.807) is 19.5 Å². The molecule has 0 radical (unpaired) electrons. The molecule has 0 aliphatic heterocycles. The number of aryl methyl sites for hydroxylation is 1. The third-order valence-electron chi connectivity index (χ3n) is 4.87. The highest BCUT2D eigenvalue weighted by atomic mass is 16.5. The molecule has 0 fully saturated rings. The molecule has 6 nitrogen and oxygen atoms in total. The molecule has 1 aromatic carbocycles. The van der Waals surface area contributed by atoms with Gasteiger partial charge in [0.05, 0.1) is 13.2 Å². The van der Waals surface area contributed by atoms with Crippen LogP contribution >= 0.6 is 0 Å². The summed E-state index contributed by atoms with van der Waals surface area (Å²) < 4.78 is 7.09. The summed E-state index contributed by atoms with van der Waals surface area (Å²) in [7, 11) is 1.69. The second kappa shape index (κ2) is 7.17. The first-order valence-electron chi connectivity index (χ1n) is 8.72. The van der Waals surface area contributed by atoms with E-state index in [0.29, 0.717) is 13.2 Å². The molecule has 0 saturated carbocycles. The molecular formula is C20H20N4O2. The zero-order chi connectivity index (χ0) is 17.9. The Hall–Kier alpha value is -2.86. The maximum Gasteiger partial charge on any atom is 0.117 e. The summed E-state index contributed by atoms with van der Waals surface area (Å²) in [5.41, 5.74) is 6.38. The minimum atomic E-state index is -0.205. The van der Waals surface area contributed by atoms with Gasteiger partial charge in [0.15, 0.2) is 0 Å². The number of methoxy groups -OCH3 is 1. The number of hydrogen-bond acceptors (Lipinski definition) is 5. The Kier molecular flexibility index (Phi) is 4.58. The first-order chi connectivity index (χ1) is 12.8. The third-order valence-corrected chi connectivity index (χ3v) is 4.87. The largest absolute Gasteiger partial charge is 0.383 e.